The van der Waals surface area contributed by atoms with E-state index in [9.17, 15) is 9.59 Å². The van der Waals surface area contributed by atoms with Crippen LogP contribution < -0.4 is 10.5 Å². The van der Waals surface area contributed by atoms with E-state index in [-0.39, 0.29) is 23.1 Å². The Hall–Kier alpha value is -2.08. The van der Waals surface area contributed by atoms with Gasteiger partial charge in [0.1, 0.15) is 0 Å². The van der Waals surface area contributed by atoms with Crippen molar-refractivity contribution in [3.8, 4) is 0 Å². The molecule has 0 unspecified atom stereocenters. The molecule has 23 heavy (non-hydrogen) atoms. The van der Waals surface area contributed by atoms with Gasteiger partial charge in [0.2, 0.25) is 5.91 Å². The molecule has 0 aliphatic carbocycles. The minimum absolute atomic E-state index is 0.0394. The average Bonchev–Trinajstić information content (AvgIpc) is 2.96. The number of para-hydroxylation sites is 1. The number of rotatable bonds is 4. The average molecular weight is 329 g/mol. The van der Waals surface area contributed by atoms with Gasteiger partial charge in [-0.15, -0.1) is 0 Å². The molecule has 0 fully saturated rings. The summed E-state index contributed by atoms with van der Waals surface area (Å²) in [6.07, 6.45) is 0.893. The van der Waals surface area contributed by atoms with Gasteiger partial charge in [-0.25, -0.2) is 4.98 Å². The third-order valence-electron chi connectivity index (χ3n) is 3.85. The van der Waals surface area contributed by atoms with Crippen LogP contribution in [0, 0.1) is 0 Å². The zero-order valence-electron chi connectivity index (χ0n) is 13.2. The number of fused-ring (bicyclic) bond motifs is 1. The van der Waals surface area contributed by atoms with Crippen molar-refractivity contribution in [2.45, 2.75) is 31.3 Å². The molecular formula is C17H19N3O2S. The Labute approximate surface area is 139 Å². The Bertz CT molecular complexity index is 785. The van der Waals surface area contributed by atoms with E-state index in [2.05, 4.69) is 16.0 Å². The van der Waals surface area contributed by atoms with Gasteiger partial charge in [0.05, 0.1) is 11.4 Å². The van der Waals surface area contributed by atoms with Gasteiger partial charge < -0.3 is 9.88 Å². The summed E-state index contributed by atoms with van der Waals surface area (Å²) < 4.78 is 0. The number of aromatic nitrogens is 2. The van der Waals surface area contributed by atoms with Crippen molar-refractivity contribution in [1.82, 2.24) is 9.97 Å². The van der Waals surface area contributed by atoms with Gasteiger partial charge in [0, 0.05) is 18.3 Å². The molecule has 2 aromatic rings. The number of amides is 1. The van der Waals surface area contributed by atoms with Crippen LogP contribution in [0.5, 0.6) is 0 Å². The molecule has 0 atom stereocenters. The van der Waals surface area contributed by atoms with Gasteiger partial charge in [0.15, 0.2) is 5.16 Å². The van der Waals surface area contributed by atoms with Gasteiger partial charge in [-0.1, -0.05) is 43.8 Å². The second kappa shape index (κ2) is 6.58. The maximum atomic E-state index is 12.5. The second-order valence-electron chi connectivity index (χ2n) is 5.84. The summed E-state index contributed by atoms with van der Waals surface area (Å²) in [4.78, 5) is 33.1. The number of hydrogen-bond donors (Lipinski definition) is 1. The van der Waals surface area contributed by atoms with Crippen molar-refractivity contribution >= 4 is 23.4 Å². The van der Waals surface area contributed by atoms with E-state index in [4.69, 9.17) is 0 Å². The fourth-order valence-corrected chi connectivity index (χ4v) is 3.38. The maximum absolute atomic E-state index is 12.5. The SMILES string of the molecule is CC(C)c1cc(=O)[nH]c(SCC(=O)N2CCc3ccccc32)n1. The number of carbonyl (C=O) groups excluding carboxylic acids is 1. The van der Waals surface area contributed by atoms with E-state index >= 15 is 0 Å². The lowest BCUT2D eigenvalue weighted by Crippen LogP contribution is -2.30. The molecule has 0 bridgehead atoms. The first-order valence-corrected chi connectivity index (χ1v) is 8.65. The molecule has 120 valence electrons. The smallest absolute Gasteiger partial charge is 0.251 e. The Morgan fingerprint density at radius 3 is 2.96 bits per heavy atom. The van der Waals surface area contributed by atoms with Crippen LogP contribution in [0.25, 0.3) is 0 Å². The summed E-state index contributed by atoms with van der Waals surface area (Å²) in [5.74, 6) is 0.481. The highest BCUT2D eigenvalue weighted by Gasteiger charge is 2.24. The van der Waals surface area contributed by atoms with Crippen LogP contribution in [0.3, 0.4) is 0 Å². The van der Waals surface area contributed by atoms with E-state index in [1.54, 1.807) is 0 Å². The molecule has 1 N–H and O–H groups in total. The Morgan fingerprint density at radius 2 is 2.17 bits per heavy atom. The van der Waals surface area contributed by atoms with Crippen LogP contribution in [-0.2, 0) is 11.2 Å². The molecular weight excluding hydrogens is 310 g/mol. The van der Waals surface area contributed by atoms with Crippen LogP contribution >= 0.6 is 11.8 Å². The second-order valence-corrected chi connectivity index (χ2v) is 6.81. The molecule has 0 radical (unpaired) electrons. The number of H-pyrrole nitrogens is 1. The molecule has 1 aromatic carbocycles. The Balaban J connectivity index is 1.70. The van der Waals surface area contributed by atoms with Gasteiger partial charge in [-0.3, -0.25) is 9.59 Å². The summed E-state index contributed by atoms with van der Waals surface area (Å²) in [5.41, 5.74) is 2.77. The molecule has 1 aliphatic rings. The molecule has 1 amide bonds. The van der Waals surface area contributed by atoms with E-state index in [1.165, 1.54) is 23.4 Å². The first-order chi connectivity index (χ1) is 11.0. The molecule has 1 aromatic heterocycles. The number of benzene rings is 1. The third-order valence-corrected chi connectivity index (χ3v) is 4.71. The largest absolute Gasteiger partial charge is 0.311 e. The van der Waals surface area contributed by atoms with E-state index < -0.39 is 0 Å². The standard InChI is InChI=1S/C17H19N3O2S/c1-11(2)13-9-15(21)19-17(18-13)23-10-16(22)20-8-7-12-5-3-4-6-14(12)20/h3-6,9,11H,7-8,10H2,1-2H3,(H,18,19,21). The number of nitrogens with zero attached hydrogens (tertiary/aromatic N) is 2. The fourth-order valence-electron chi connectivity index (χ4n) is 2.62. The minimum atomic E-state index is -0.176. The predicted octanol–water partition coefficient (Wildman–Crippen LogP) is 2.57. The van der Waals surface area contributed by atoms with Crippen molar-refractivity contribution in [3.63, 3.8) is 0 Å². The topological polar surface area (TPSA) is 66.1 Å². The highest BCUT2D eigenvalue weighted by Crippen LogP contribution is 2.28. The molecule has 1 aliphatic heterocycles. The van der Waals surface area contributed by atoms with Crippen LogP contribution in [0.2, 0.25) is 0 Å². The number of thioether (sulfide) groups is 1. The minimum Gasteiger partial charge on any atom is -0.311 e. The quantitative estimate of drug-likeness (QED) is 0.691. The van der Waals surface area contributed by atoms with Gasteiger partial charge in [-0.2, -0.15) is 0 Å². The first-order valence-electron chi connectivity index (χ1n) is 7.67. The summed E-state index contributed by atoms with van der Waals surface area (Å²) in [7, 11) is 0. The highest BCUT2D eigenvalue weighted by atomic mass is 32.2. The maximum Gasteiger partial charge on any atom is 0.251 e. The Kier molecular flexibility index (Phi) is 4.52. The normalized spacial score (nSPS) is 13.4. The first kappa shape index (κ1) is 15.8. The van der Waals surface area contributed by atoms with Crippen molar-refractivity contribution in [2.24, 2.45) is 0 Å². The zero-order valence-corrected chi connectivity index (χ0v) is 14.0. The molecule has 0 saturated heterocycles. The summed E-state index contributed by atoms with van der Waals surface area (Å²) >= 11 is 1.28. The zero-order chi connectivity index (χ0) is 16.4. The van der Waals surface area contributed by atoms with Crippen LogP contribution in [-0.4, -0.2) is 28.2 Å². The monoisotopic (exact) mass is 329 g/mol. The number of nitrogens with one attached hydrogen (secondary N) is 1. The van der Waals surface area contributed by atoms with Crippen LogP contribution in [0.15, 0.2) is 40.3 Å². The number of aromatic amines is 1. The van der Waals surface area contributed by atoms with Crippen LogP contribution in [0.4, 0.5) is 5.69 Å². The summed E-state index contributed by atoms with van der Waals surface area (Å²) in [5, 5.41) is 0.502. The lowest BCUT2D eigenvalue weighted by Gasteiger charge is -2.16. The van der Waals surface area contributed by atoms with Crippen molar-refractivity contribution in [3.05, 3.63) is 51.9 Å². The van der Waals surface area contributed by atoms with E-state index in [0.717, 1.165) is 17.8 Å². The fraction of sp³-hybridized carbons (Fsp3) is 0.353. The lowest BCUT2D eigenvalue weighted by atomic mass is 10.1. The number of hydrogen-bond acceptors (Lipinski definition) is 4. The molecule has 6 heteroatoms. The molecule has 3 rings (SSSR count). The highest BCUT2D eigenvalue weighted by molar-refractivity contribution is 7.99. The van der Waals surface area contributed by atoms with Crippen molar-refractivity contribution in [2.75, 3.05) is 17.2 Å². The van der Waals surface area contributed by atoms with Gasteiger partial charge in [-0.05, 0) is 24.0 Å². The van der Waals surface area contributed by atoms with Crippen molar-refractivity contribution in [1.29, 1.82) is 0 Å². The van der Waals surface area contributed by atoms with Gasteiger partial charge >= 0.3 is 0 Å². The number of anilines is 1. The van der Waals surface area contributed by atoms with Gasteiger partial charge in [0.25, 0.3) is 5.56 Å². The van der Waals surface area contributed by atoms with Crippen molar-refractivity contribution < 1.29 is 4.79 Å². The van der Waals surface area contributed by atoms with Crippen LogP contribution in [0.1, 0.15) is 31.0 Å². The third kappa shape index (κ3) is 3.47. The molecule has 0 spiro atoms. The van der Waals surface area contributed by atoms with E-state index in [1.807, 2.05) is 36.9 Å². The molecule has 5 nitrogen and oxygen atoms in total. The van der Waals surface area contributed by atoms with E-state index in [0.29, 0.717) is 11.7 Å². The molecule has 0 saturated carbocycles. The Morgan fingerprint density at radius 1 is 1.39 bits per heavy atom. The summed E-state index contributed by atoms with van der Waals surface area (Å²) in [6.45, 7) is 4.69. The number of carbonyl (C=O) groups is 1. The summed E-state index contributed by atoms with van der Waals surface area (Å²) in [6, 6.07) is 9.48. The molecule has 2 heterocycles. The predicted molar refractivity (Wildman–Crippen MR) is 92.2 cm³/mol. The lowest BCUT2D eigenvalue weighted by molar-refractivity contribution is -0.116.